The Hall–Kier alpha value is -1.20. The normalized spacial score (nSPS) is 25.2. The summed E-state index contributed by atoms with van der Waals surface area (Å²) in [6, 6.07) is 0. The molecule has 1 amide bonds. The fourth-order valence-electron chi connectivity index (χ4n) is 2.05. The first-order chi connectivity index (χ1) is 9.75. The zero-order valence-electron chi connectivity index (χ0n) is 13.9. The molecule has 1 fully saturated rings. The SMILES string of the molecule is CC(C)(C)OC(=O)N[C@@]1(C(=O)OC(C)(C)C)C[C@H]1C[P+](=O)O. The molecule has 0 spiro atoms. The van der Waals surface area contributed by atoms with E-state index in [1.807, 2.05) is 0 Å². The molecule has 0 aromatic rings. The first kappa shape index (κ1) is 18.8. The molecule has 22 heavy (non-hydrogen) atoms. The molecule has 7 nitrogen and oxygen atoms in total. The largest absolute Gasteiger partial charge is 0.505 e. The molecule has 1 aliphatic carbocycles. The molecule has 0 heterocycles. The third kappa shape index (κ3) is 5.54. The summed E-state index contributed by atoms with van der Waals surface area (Å²) in [6.07, 6.45) is -0.540. The van der Waals surface area contributed by atoms with Gasteiger partial charge in [-0.2, -0.15) is 4.89 Å². The molecule has 8 heteroatoms. The predicted octanol–water partition coefficient (Wildman–Crippen LogP) is 2.35. The molecule has 0 aliphatic heterocycles. The highest BCUT2D eigenvalue weighted by Crippen LogP contribution is 2.48. The number of esters is 1. The van der Waals surface area contributed by atoms with Gasteiger partial charge in [0.05, 0.1) is 0 Å². The second kappa shape index (κ2) is 6.13. The summed E-state index contributed by atoms with van der Waals surface area (Å²) in [4.78, 5) is 33.3. The maximum absolute atomic E-state index is 12.4. The van der Waals surface area contributed by atoms with Crippen molar-refractivity contribution in [2.45, 2.75) is 64.7 Å². The molecule has 1 aliphatic rings. The lowest BCUT2D eigenvalue weighted by molar-refractivity contribution is -0.159. The first-order valence-corrected chi connectivity index (χ1v) is 8.53. The van der Waals surface area contributed by atoms with Gasteiger partial charge in [0.1, 0.15) is 16.7 Å². The van der Waals surface area contributed by atoms with Crippen molar-refractivity contribution in [2.24, 2.45) is 5.92 Å². The third-order valence-electron chi connectivity index (χ3n) is 2.97. The summed E-state index contributed by atoms with van der Waals surface area (Å²) in [6.45, 7) is 10.3. The molecule has 0 saturated heterocycles. The van der Waals surface area contributed by atoms with E-state index in [-0.39, 0.29) is 12.6 Å². The quantitative estimate of drug-likeness (QED) is 0.604. The fourth-order valence-corrected chi connectivity index (χ4v) is 2.87. The van der Waals surface area contributed by atoms with Crippen LogP contribution in [-0.4, -0.2) is 39.9 Å². The number of hydrogen-bond donors (Lipinski definition) is 2. The van der Waals surface area contributed by atoms with E-state index in [1.165, 1.54) is 0 Å². The summed E-state index contributed by atoms with van der Waals surface area (Å²) in [5.74, 6) is -1.03. The zero-order chi connectivity index (χ0) is 17.3. The van der Waals surface area contributed by atoms with Crippen LogP contribution in [0, 0.1) is 5.92 Å². The summed E-state index contributed by atoms with van der Waals surface area (Å²) in [5.41, 5.74) is -2.69. The molecule has 126 valence electrons. The summed E-state index contributed by atoms with van der Waals surface area (Å²) >= 11 is 0. The minimum absolute atomic E-state index is 0.0651. The van der Waals surface area contributed by atoms with Crippen LogP contribution in [0.2, 0.25) is 0 Å². The smallest absolute Gasteiger partial charge is 0.458 e. The molecule has 0 bridgehead atoms. The highest BCUT2D eigenvalue weighted by atomic mass is 31.1. The molecule has 0 radical (unpaired) electrons. The van der Waals surface area contributed by atoms with Gasteiger partial charge in [0.25, 0.3) is 0 Å². The number of nitrogens with one attached hydrogen (secondary N) is 1. The van der Waals surface area contributed by atoms with Gasteiger partial charge in [-0.1, -0.05) is 0 Å². The van der Waals surface area contributed by atoms with Crippen molar-refractivity contribution in [3.8, 4) is 0 Å². The maximum atomic E-state index is 12.4. The molecule has 0 aromatic carbocycles. The van der Waals surface area contributed by atoms with Crippen LogP contribution in [-0.2, 0) is 18.8 Å². The Balaban J connectivity index is 2.84. The van der Waals surface area contributed by atoms with Crippen LogP contribution >= 0.6 is 8.03 Å². The van der Waals surface area contributed by atoms with Crippen LogP contribution in [0.5, 0.6) is 0 Å². The number of hydrogen-bond acceptors (Lipinski definition) is 5. The summed E-state index contributed by atoms with van der Waals surface area (Å²) in [5, 5.41) is 2.53. The Bertz CT molecular complexity index is 479. The number of carbonyl (C=O) groups is 2. The number of ether oxygens (including phenoxy) is 2. The zero-order valence-corrected chi connectivity index (χ0v) is 14.8. The van der Waals surface area contributed by atoms with Gasteiger partial charge in [-0.15, -0.1) is 0 Å². The second-order valence-electron chi connectivity index (χ2n) is 7.54. The number of alkyl carbamates (subject to hydrolysis) is 1. The van der Waals surface area contributed by atoms with Gasteiger partial charge in [-0.3, -0.25) is 0 Å². The van der Waals surface area contributed by atoms with E-state index in [4.69, 9.17) is 14.4 Å². The Labute approximate surface area is 131 Å². The number of rotatable bonds is 4. The van der Waals surface area contributed by atoms with Gasteiger partial charge in [-0.25, -0.2) is 9.59 Å². The molecule has 0 aromatic heterocycles. The van der Waals surface area contributed by atoms with Gasteiger partial charge in [0, 0.05) is 5.92 Å². The van der Waals surface area contributed by atoms with E-state index >= 15 is 0 Å². The van der Waals surface area contributed by atoms with Crippen molar-refractivity contribution < 1.29 is 28.5 Å². The van der Waals surface area contributed by atoms with E-state index in [9.17, 15) is 14.2 Å². The van der Waals surface area contributed by atoms with Crippen molar-refractivity contribution in [2.75, 3.05) is 6.16 Å². The molecular weight excluding hydrogens is 309 g/mol. The molecule has 1 unspecified atom stereocenters. The lowest BCUT2D eigenvalue weighted by Gasteiger charge is -2.26. The number of amides is 1. The van der Waals surface area contributed by atoms with Gasteiger partial charge in [0.15, 0.2) is 6.16 Å². The lowest BCUT2D eigenvalue weighted by Crippen LogP contribution is -2.49. The van der Waals surface area contributed by atoms with Gasteiger partial charge in [0.2, 0.25) is 0 Å². The Morgan fingerprint density at radius 1 is 1.18 bits per heavy atom. The van der Waals surface area contributed by atoms with E-state index in [1.54, 1.807) is 41.5 Å². The standard InChI is InChI=1S/C14H24NO6P/c1-12(2,3)20-10(16)14(7-9(14)8-22(18)19)15-11(17)21-13(4,5)6/h9H,7-8H2,1-6H3,(H-,15,17,18,19)/p+1/t9-,14-/m0/s1. The molecule has 1 rings (SSSR count). The average molecular weight is 334 g/mol. The summed E-state index contributed by atoms with van der Waals surface area (Å²) < 4.78 is 21.5. The van der Waals surface area contributed by atoms with E-state index in [2.05, 4.69) is 5.32 Å². The van der Waals surface area contributed by atoms with Crippen molar-refractivity contribution in [1.29, 1.82) is 0 Å². The molecule has 1 saturated carbocycles. The third-order valence-corrected chi connectivity index (χ3v) is 3.72. The average Bonchev–Trinajstić information content (AvgIpc) is 2.85. The minimum atomic E-state index is -2.40. The van der Waals surface area contributed by atoms with Crippen molar-refractivity contribution >= 4 is 20.1 Å². The Morgan fingerprint density at radius 2 is 1.68 bits per heavy atom. The van der Waals surface area contributed by atoms with Crippen LogP contribution in [0.15, 0.2) is 0 Å². The topological polar surface area (TPSA) is 102 Å². The highest BCUT2D eigenvalue weighted by Gasteiger charge is 2.66. The Kier molecular flexibility index (Phi) is 5.25. The maximum Gasteiger partial charge on any atom is 0.505 e. The molecule has 3 atom stereocenters. The van der Waals surface area contributed by atoms with Gasteiger partial charge in [-0.05, 0) is 52.5 Å². The fraction of sp³-hybridized carbons (Fsp3) is 0.857. The second-order valence-corrected chi connectivity index (χ2v) is 8.61. The van der Waals surface area contributed by atoms with E-state index in [0.717, 1.165) is 0 Å². The predicted molar refractivity (Wildman–Crippen MR) is 80.7 cm³/mol. The van der Waals surface area contributed by atoms with Crippen molar-refractivity contribution in [3.63, 3.8) is 0 Å². The molecule has 2 N–H and O–H groups in total. The first-order valence-electron chi connectivity index (χ1n) is 7.13. The Morgan fingerprint density at radius 3 is 2.09 bits per heavy atom. The van der Waals surface area contributed by atoms with E-state index in [0.29, 0.717) is 0 Å². The minimum Gasteiger partial charge on any atom is -0.458 e. The van der Waals surface area contributed by atoms with Crippen LogP contribution in [0.1, 0.15) is 48.0 Å². The van der Waals surface area contributed by atoms with Crippen LogP contribution in [0.3, 0.4) is 0 Å². The van der Waals surface area contributed by atoms with Gasteiger partial charge < -0.3 is 14.8 Å². The van der Waals surface area contributed by atoms with E-state index < -0.39 is 42.7 Å². The van der Waals surface area contributed by atoms with Crippen molar-refractivity contribution in [3.05, 3.63) is 0 Å². The van der Waals surface area contributed by atoms with Crippen LogP contribution in [0.4, 0.5) is 4.79 Å². The van der Waals surface area contributed by atoms with Crippen LogP contribution in [0.25, 0.3) is 0 Å². The lowest BCUT2D eigenvalue weighted by atomic mass is 10.1. The highest BCUT2D eigenvalue weighted by molar-refractivity contribution is 7.38. The molecular formula is C14H25NO6P+. The monoisotopic (exact) mass is 334 g/mol. The van der Waals surface area contributed by atoms with Gasteiger partial charge >= 0.3 is 20.1 Å². The van der Waals surface area contributed by atoms with Crippen LogP contribution < -0.4 is 5.32 Å². The number of carbonyl (C=O) groups excluding carboxylic acids is 2. The summed E-state index contributed by atoms with van der Waals surface area (Å²) in [7, 11) is -2.40. The van der Waals surface area contributed by atoms with Crippen molar-refractivity contribution in [1.82, 2.24) is 5.32 Å².